The van der Waals surface area contributed by atoms with Crippen molar-refractivity contribution >= 4 is 0 Å². The van der Waals surface area contributed by atoms with Gasteiger partial charge in [-0.25, -0.2) is 4.98 Å². The maximum absolute atomic E-state index is 4.97. The first-order valence-electron chi connectivity index (χ1n) is 5.03. The van der Waals surface area contributed by atoms with Crippen LogP contribution in [0.15, 0.2) is 0 Å². The molecule has 0 amide bonds. The van der Waals surface area contributed by atoms with Gasteiger partial charge in [-0.05, 0) is 19.4 Å². The van der Waals surface area contributed by atoms with Crippen molar-refractivity contribution in [2.24, 2.45) is 0 Å². The number of rotatable bonds is 3. The van der Waals surface area contributed by atoms with E-state index in [0.29, 0.717) is 12.6 Å². The molecule has 2 N–H and O–H groups in total. The molecule has 0 aromatic carbocycles. The van der Waals surface area contributed by atoms with Gasteiger partial charge < -0.3 is 10.1 Å². The fourth-order valence-electron chi connectivity index (χ4n) is 1.74. The summed E-state index contributed by atoms with van der Waals surface area (Å²) >= 11 is 0. The Kier molecular flexibility index (Phi) is 3.10. The Morgan fingerprint density at radius 2 is 2.43 bits per heavy atom. The van der Waals surface area contributed by atoms with E-state index in [0.717, 1.165) is 24.6 Å². The molecule has 1 aliphatic rings. The summed E-state index contributed by atoms with van der Waals surface area (Å²) in [5, 5.41) is 10.5. The van der Waals surface area contributed by atoms with Gasteiger partial charge in [0.2, 0.25) is 0 Å². The topological polar surface area (TPSA) is 62.8 Å². The van der Waals surface area contributed by atoms with Crippen LogP contribution in [0.1, 0.15) is 37.0 Å². The van der Waals surface area contributed by atoms with Gasteiger partial charge in [-0.3, -0.25) is 5.10 Å². The van der Waals surface area contributed by atoms with Crippen molar-refractivity contribution in [2.45, 2.75) is 31.9 Å². The number of ether oxygens (including phenoxy) is 1. The number of aromatic amines is 1. The predicted molar refractivity (Wildman–Crippen MR) is 51.7 cm³/mol. The van der Waals surface area contributed by atoms with E-state index < -0.39 is 0 Å². The number of hydrogen-bond donors (Lipinski definition) is 2. The summed E-state index contributed by atoms with van der Waals surface area (Å²) in [6, 6.07) is 0.325. The van der Waals surface area contributed by atoms with Crippen molar-refractivity contribution in [3.63, 3.8) is 0 Å². The molecule has 0 aliphatic carbocycles. The average Bonchev–Trinajstić information content (AvgIpc) is 2.68. The number of nitrogens with zero attached hydrogens (tertiary/aromatic N) is 2. The van der Waals surface area contributed by atoms with Gasteiger partial charge >= 0.3 is 0 Å². The van der Waals surface area contributed by atoms with Crippen LogP contribution in [0.4, 0.5) is 0 Å². The van der Waals surface area contributed by atoms with Crippen LogP contribution in [-0.4, -0.2) is 28.8 Å². The summed E-state index contributed by atoms with van der Waals surface area (Å²) in [5.41, 5.74) is 0. The standard InChI is InChI=1S/C9H16N4O/c1-14-6-8-11-9(13-12-8)7-4-2-3-5-10-7/h7,10H,2-6H2,1H3,(H,11,12,13)/t7-/m1/s1. The Hall–Kier alpha value is -0.940. The lowest BCUT2D eigenvalue weighted by Crippen LogP contribution is -2.27. The molecule has 1 aromatic heterocycles. The Balaban J connectivity index is 2.00. The Labute approximate surface area is 83.3 Å². The van der Waals surface area contributed by atoms with E-state index in [1.807, 2.05) is 0 Å². The molecule has 1 aromatic rings. The number of methoxy groups -OCH3 is 1. The lowest BCUT2D eigenvalue weighted by molar-refractivity contribution is 0.178. The molecule has 14 heavy (non-hydrogen) atoms. The van der Waals surface area contributed by atoms with E-state index >= 15 is 0 Å². The van der Waals surface area contributed by atoms with E-state index in [9.17, 15) is 0 Å². The highest BCUT2D eigenvalue weighted by Crippen LogP contribution is 2.19. The molecule has 0 bridgehead atoms. The smallest absolute Gasteiger partial charge is 0.167 e. The quantitative estimate of drug-likeness (QED) is 0.749. The van der Waals surface area contributed by atoms with Crippen molar-refractivity contribution in [1.82, 2.24) is 20.5 Å². The first-order valence-corrected chi connectivity index (χ1v) is 5.03. The monoisotopic (exact) mass is 196 g/mol. The van der Waals surface area contributed by atoms with E-state index in [1.54, 1.807) is 7.11 Å². The van der Waals surface area contributed by atoms with Gasteiger partial charge in [-0.2, -0.15) is 5.10 Å². The largest absolute Gasteiger partial charge is 0.377 e. The highest BCUT2D eigenvalue weighted by Gasteiger charge is 2.18. The molecule has 1 fully saturated rings. The first kappa shape index (κ1) is 9.61. The minimum atomic E-state index is 0.325. The van der Waals surface area contributed by atoms with Gasteiger partial charge in [0.15, 0.2) is 11.6 Å². The Morgan fingerprint density at radius 1 is 1.50 bits per heavy atom. The zero-order valence-electron chi connectivity index (χ0n) is 8.42. The number of hydrogen-bond acceptors (Lipinski definition) is 4. The summed E-state index contributed by atoms with van der Waals surface area (Å²) in [7, 11) is 1.65. The third kappa shape index (κ3) is 2.10. The van der Waals surface area contributed by atoms with E-state index in [2.05, 4.69) is 20.5 Å². The second kappa shape index (κ2) is 4.52. The van der Waals surface area contributed by atoms with Crippen LogP contribution < -0.4 is 5.32 Å². The molecule has 5 heteroatoms. The molecular formula is C9H16N4O. The summed E-state index contributed by atoms with van der Waals surface area (Å²) < 4.78 is 4.97. The molecule has 2 heterocycles. The lowest BCUT2D eigenvalue weighted by atomic mass is 10.0. The molecule has 5 nitrogen and oxygen atoms in total. The van der Waals surface area contributed by atoms with Gasteiger partial charge in [0.05, 0.1) is 6.04 Å². The second-order valence-electron chi connectivity index (χ2n) is 3.58. The fourth-order valence-corrected chi connectivity index (χ4v) is 1.74. The minimum absolute atomic E-state index is 0.325. The Morgan fingerprint density at radius 3 is 3.14 bits per heavy atom. The van der Waals surface area contributed by atoms with Crippen LogP contribution in [0.2, 0.25) is 0 Å². The maximum atomic E-state index is 4.97. The summed E-state index contributed by atoms with van der Waals surface area (Å²) in [5.74, 6) is 1.67. The summed E-state index contributed by atoms with van der Waals surface area (Å²) in [4.78, 5) is 4.37. The molecule has 0 saturated carbocycles. The van der Waals surface area contributed by atoms with Gasteiger partial charge in [0.1, 0.15) is 6.61 Å². The normalized spacial score (nSPS) is 22.5. The van der Waals surface area contributed by atoms with Crippen molar-refractivity contribution in [3.8, 4) is 0 Å². The lowest BCUT2D eigenvalue weighted by Gasteiger charge is -2.20. The van der Waals surface area contributed by atoms with Crippen LogP contribution in [0, 0.1) is 0 Å². The maximum Gasteiger partial charge on any atom is 0.167 e. The van der Waals surface area contributed by atoms with Crippen LogP contribution in [0.25, 0.3) is 0 Å². The number of nitrogens with one attached hydrogen (secondary N) is 2. The molecule has 1 aliphatic heterocycles. The van der Waals surface area contributed by atoms with Gasteiger partial charge in [0, 0.05) is 7.11 Å². The van der Waals surface area contributed by atoms with Crippen LogP contribution in [0.3, 0.4) is 0 Å². The van der Waals surface area contributed by atoms with Crippen LogP contribution in [0.5, 0.6) is 0 Å². The molecule has 1 atom stereocenters. The Bertz CT molecular complexity index is 280. The average molecular weight is 196 g/mol. The molecule has 2 rings (SSSR count). The van der Waals surface area contributed by atoms with E-state index in [4.69, 9.17) is 4.74 Å². The summed E-state index contributed by atoms with van der Waals surface area (Å²) in [6.07, 6.45) is 3.64. The van der Waals surface area contributed by atoms with Gasteiger partial charge in [-0.1, -0.05) is 6.42 Å². The predicted octanol–water partition coefficient (Wildman–Crippen LogP) is 0.766. The number of H-pyrrole nitrogens is 1. The van der Waals surface area contributed by atoms with Crippen molar-refractivity contribution in [2.75, 3.05) is 13.7 Å². The minimum Gasteiger partial charge on any atom is -0.377 e. The van der Waals surface area contributed by atoms with Gasteiger partial charge in [0.25, 0.3) is 0 Å². The molecular weight excluding hydrogens is 180 g/mol. The van der Waals surface area contributed by atoms with E-state index in [-0.39, 0.29) is 0 Å². The van der Waals surface area contributed by atoms with Crippen molar-refractivity contribution < 1.29 is 4.74 Å². The molecule has 78 valence electrons. The highest BCUT2D eigenvalue weighted by molar-refractivity contribution is 4.97. The zero-order chi connectivity index (χ0) is 9.80. The van der Waals surface area contributed by atoms with Crippen molar-refractivity contribution in [1.29, 1.82) is 0 Å². The third-order valence-corrected chi connectivity index (χ3v) is 2.45. The zero-order valence-corrected chi connectivity index (χ0v) is 8.42. The van der Waals surface area contributed by atoms with Gasteiger partial charge in [-0.15, -0.1) is 0 Å². The highest BCUT2D eigenvalue weighted by atomic mass is 16.5. The molecule has 0 unspecified atom stereocenters. The summed E-state index contributed by atoms with van der Waals surface area (Å²) in [6.45, 7) is 1.57. The molecule has 1 saturated heterocycles. The third-order valence-electron chi connectivity index (χ3n) is 2.45. The SMILES string of the molecule is COCc1nc([C@H]2CCCCN2)n[nH]1. The molecule has 0 radical (unpaired) electrons. The fraction of sp³-hybridized carbons (Fsp3) is 0.778. The number of piperidine rings is 1. The van der Waals surface area contributed by atoms with E-state index in [1.165, 1.54) is 12.8 Å². The first-order chi connectivity index (χ1) is 6.90. The van der Waals surface area contributed by atoms with Crippen LogP contribution in [-0.2, 0) is 11.3 Å². The number of aromatic nitrogens is 3. The van der Waals surface area contributed by atoms with Crippen molar-refractivity contribution in [3.05, 3.63) is 11.6 Å². The molecule has 0 spiro atoms. The second-order valence-corrected chi connectivity index (χ2v) is 3.58. The van der Waals surface area contributed by atoms with Crippen LogP contribution >= 0.6 is 0 Å².